The summed E-state index contributed by atoms with van der Waals surface area (Å²) < 4.78 is 13.3. The Bertz CT molecular complexity index is 2820. The van der Waals surface area contributed by atoms with E-state index in [2.05, 4.69) is 120 Å². The Balaban J connectivity index is 1.25. The van der Waals surface area contributed by atoms with Gasteiger partial charge in [0, 0.05) is 22.3 Å². The summed E-state index contributed by atoms with van der Waals surface area (Å²) in [6, 6.07) is 59.2. The summed E-state index contributed by atoms with van der Waals surface area (Å²) in [6.07, 6.45) is 0. The van der Waals surface area contributed by atoms with Crippen LogP contribution in [0, 0.1) is 0 Å². The van der Waals surface area contributed by atoms with Crippen LogP contribution >= 0.6 is 0 Å². The van der Waals surface area contributed by atoms with Gasteiger partial charge in [0.05, 0.1) is 11.1 Å². The first-order valence-electron chi connectivity index (χ1n) is 16.5. The van der Waals surface area contributed by atoms with Crippen LogP contribution in [0.2, 0.25) is 0 Å². The Morgan fingerprint density at radius 1 is 0.429 bits per heavy atom. The molecule has 230 valence electrons. The van der Waals surface area contributed by atoms with Gasteiger partial charge in [-0.25, -0.2) is 4.98 Å². The first-order valence-corrected chi connectivity index (χ1v) is 16.5. The van der Waals surface area contributed by atoms with Crippen LogP contribution in [0.15, 0.2) is 179 Å². The number of oxazole rings is 1. The van der Waals surface area contributed by atoms with Crippen molar-refractivity contribution in [3.8, 4) is 22.6 Å². The molecule has 8 aromatic carbocycles. The zero-order valence-electron chi connectivity index (χ0n) is 26.4. The Labute approximate surface area is 282 Å². The summed E-state index contributed by atoms with van der Waals surface area (Å²) in [4.78, 5) is 7.33. The number of rotatable bonds is 5. The molecular weight excluding hydrogens is 601 g/mol. The molecule has 0 saturated carbocycles. The van der Waals surface area contributed by atoms with Crippen LogP contribution in [0.4, 0.5) is 17.1 Å². The van der Waals surface area contributed by atoms with Crippen LogP contribution in [-0.2, 0) is 0 Å². The van der Waals surface area contributed by atoms with Gasteiger partial charge in [0.1, 0.15) is 11.1 Å². The molecule has 0 radical (unpaired) electrons. The smallest absolute Gasteiger partial charge is 0.227 e. The van der Waals surface area contributed by atoms with Crippen LogP contribution in [0.3, 0.4) is 0 Å². The monoisotopic (exact) mass is 628 g/mol. The predicted molar refractivity (Wildman–Crippen MR) is 202 cm³/mol. The Hall–Kier alpha value is -6.65. The van der Waals surface area contributed by atoms with Gasteiger partial charge >= 0.3 is 0 Å². The molecule has 4 heteroatoms. The average Bonchev–Trinajstić information content (AvgIpc) is 3.78. The van der Waals surface area contributed by atoms with Crippen molar-refractivity contribution in [2.75, 3.05) is 4.90 Å². The van der Waals surface area contributed by atoms with E-state index in [1.165, 1.54) is 21.7 Å². The van der Waals surface area contributed by atoms with Crippen LogP contribution in [0.5, 0.6) is 0 Å². The molecule has 2 aromatic heterocycles. The highest BCUT2D eigenvalue weighted by Gasteiger charge is 2.25. The molecule has 4 nitrogen and oxygen atoms in total. The van der Waals surface area contributed by atoms with Crippen molar-refractivity contribution >= 4 is 71.6 Å². The molecule has 0 saturated heterocycles. The second-order valence-corrected chi connectivity index (χ2v) is 12.4. The van der Waals surface area contributed by atoms with Crippen LogP contribution in [0.1, 0.15) is 0 Å². The maximum atomic E-state index is 6.74. The summed E-state index contributed by atoms with van der Waals surface area (Å²) in [7, 11) is 0. The maximum Gasteiger partial charge on any atom is 0.227 e. The van der Waals surface area contributed by atoms with Crippen molar-refractivity contribution < 1.29 is 8.83 Å². The number of anilines is 3. The summed E-state index contributed by atoms with van der Waals surface area (Å²) in [6.45, 7) is 0. The first kappa shape index (κ1) is 27.5. The van der Waals surface area contributed by atoms with Gasteiger partial charge in [0.2, 0.25) is 5.89 Å². The number of nitrogens with zero attached hydrogens (tertiary/aromatic N) is 2. The second-order valence-electron chi connectivity index (χ2n) is 12.4. The molecule has 0 fully saturated rings. The second kappa shape index (κ2) is 11.0. The number of para-hydroxylation sites is 1. The molecule has 0 amide bonds. The topological polar surface area (TPSA) is 42.4 Å². The summed E-state index contributed by atoms with van der Waals surface area (Å²) in [5, 5.41) is 6.75. The van der Waals surface area contributed by atoms with E-state index in [0.717, 1.165) is 61.0 Å². The summed E-state index contributed by atoms with van der Waals surface area (Å²) in [5.74, 6) is 0.579. The van der Waals surface area contributed by atoms with E-state index >= 15 is 0 Å². The molecule has 0 unspecified atom stereocenters. The fourth-order valence-electron chi connectivity index (χ4n) is 7.13. The lowest BCUT2D eigenvalue weighted by atomic mass is 10.0. The maximum absolute atomic E-state index is 6.74. The highest BCUT2D eigenvalue weighted by molar-refractivity contribution is 6.21. The highest BCUT2D eigenvalue weighted by Crippen LogP contribution is 2.47. The molecule has 10 aromatic rings. The SMILES string of the molecule is c1ccc(-c2ccc(N(c3ccc4c(ccc5ccccc54)c3)c3cc4nc(-c5ccccc5)oc4c4c3oc3ccccc34)cc2)cc1. The number of hydrogen-bond acceptors (Lipinski definition) is 4. The third-order valence-electron chi connectivity index (χ3n) is 9.46. The zero-order valence-corrected chi connectivity index (χ0v) is 26.4. The van der Waals surface area contributed by atoms with Crippen LogP contribution in [0.25, 0.3) is 77.2 Å². The molecule has 0 atom stereocenters. The van der Waals surface area contributed by atoms with Gasteiger partial charge in [-0.05, 0) is 81.2 Å². The van der Waals surface area contributed by atoms with E-state index in [0.29, 0.717) is 11.5 Å². The van der Waals surface area contributed by atoms with Gasteiger partial charge in [-0.15, -0.1) is 0 Å². The van der Waals surface area contributed by atoms with E-state index in [4.69, 9.17) is 13.8 Å². The van der Waals surface area contributed by atoms with Crippen molar-refractivity contribution in [1.82, 2.24) is 4.98 Å². The fourth-order valence-corrected chi connectivity index (χ4v) is 7.13. The van der Waals surface area contributed by atoms with E-state index in [1.807, 2.05) is 54.6 Å². The average molecular weight is 629 g/mol. The quantitative estimate of drug-likeness (QED) is 0.178. The van der Waals surface area contributed by atoms with Gasteiger partial charge in [-0.1, -0.05) is 121 Å². The zero-order chi connectivity index (χ0) is 32.3. The largest absolute Gasteiger partial charge is 0.454 e. The van der Waals surface area contributed by atoms with E-state index in [-0.39, 0.29) is 0 Å². The normalized spacial score (nSPS) is 11.7. The van der Waals surface area contributed by atoms with Crippen molar-refractivity contribution in [3.63, 3.8) is 0 Å². The fraction of sp³-hybridized carbons (Fsp3) is 0. The minimum absolute atomic E-state index is 0.579. The number of fused-ring (bicyclic) bond motifs is 8. The van der Waals surface area contributed by atoms with Crippen molar-refractivity contribution in [3.05, 3.63) is 170 Å². The summed E-state index contributed by atoms with van der Waals surface area (Å²) >= 11 is 0. The molecule has 0 N–H and O–H groups in total. The lowest BCUT2D eigenvalue weighted by molar-refractivity contribution is 0.622. The molecule has 10 rings (SSSR count). The lowest BCUT2D eigenvalue weighted by Crippen LogP contribution is -2.10. The molecule has 2 heterocycles. The molecular formula is C45H28N2O2. The minimum atomic E-state index is 0.579. The molecule has 49 heavy (non-hydrogen) atoms. The lowest BCUT2D eigenvalue weighted by Gasteiger charge is -2.26. The van der Waals surface area contributed by atoms with Crippen LogP contribution in [-0.4, -0.2) is 4.98 Å². The van der Waals surface area contributed by atoms with Gasteiger partial charge in [-0.3, -0.25) is 0 Å². The number of benzene rings is 8. The van der Waals surface area contributed by atoms with E-state index in [1.54, 1.807) is 0 Å². The number of furan rings is 1. The van der Waals surface area contributed by atoms with Gasteiger partial charge in [0.15, 0.2) is 11.2 Å². The third-order valence-corrected chi connectivity index (χ3v) is 9.46. The number of aromatic nitrogens is 1. The van der Waals surface area contributed by atoms with Crippen molar-refractivity contribution in [2.45, 2.75) is 0 Å². The molecule has 0 spiro atoms. The molecule has 0 aliphatic carbocycles. The molecule has 0 aliphatic rings. The Kier molecular flexibility index (Phi) is 6.15. The van der Waals surface area contributed by atoms with Crippen LogP contribution < -0.4 is 4.90 Å². The van der Waals surface area contributed by atoms with Gasteiger partial charge in [-0.2, -0.15) is 0 Å². The van der Waals surface area contributed by atoms with Crippen molar-refractivity contribution in [1.29, 1.82) is 0 Å². The molecule has 0 bridgehead atoms. The first-order chi connectivity index (χ1) is 24.3. The van der Waals surface area contributed by atoms with Gasteiger partial charge < -0.3 is 13.7 Å². The summed E-state index contributed by atoms with van der Waals surface area (Å²) in [5.41, 5.74) is 9.20. The van der Waals surface area contributed by atoms with E-state index < -0.39 is 0 Å². The Morgan fingerprint density at radius 3 is 1.88 bits per heavy atom. The third kappa shape index (κ3) is 4.49. The highest BCUT2D eigenvalue weighted by atomic mass is 16.4. The number of hydrogen-bond donors (Lipinski definition) is 0. The minimum Gasteiger partial charge on any atom is -0.454 e. The predicted octanol–water partition coefficient (Wildman–Crippen LogP) is 12.8. The molecule has 0 aliphatic heterocycles. The van der Waals surface area contributed by atoms with Gasteiger partial charge in [0.25, 0.3) is 0 Å². The van der Waals surface area contributed by atoms with Crippen molar-refractivity contribution in [2.24, 2.45) is 0 Å². The standard InChI is InChI=1S/C45H28N2O2/c1-3-11-29(12-4-1)30-21-23-34(24-22-30)47(35-25-26-37-33(27-35)20-19-31-13-7-8-16-36(31)37)40-28-39-43(49-45(46-39)32-14-5-2-6-15-32)42-38-17-9-10-18-41(38)48-44(40)42/h1-28H. The van der Waals surface area contributed by atoms with E-state index in [9.17, 15) is 0 Å². The Morgan fingerprint density at radius 2 is 1.06 bits per heavy atom.